The topological polar surface area (TPSA) is 26.3 Å². The molecule has 0 fully saturated rings. The van der Waals surface area contributed by atoms with Crippen molar-refractivity contribution in [3.8, 4) is 0 Å². The molecule has 76 valence electrons. The van der Waals surface area contributed by atoms with Gasteiger partial charge in [0.2, 0.25) is 0 Å². The first kappa shape index (κ1) is 12.2. The average Bonchev–Trinajstić information content (AvgIpc) is 2.16. The van der Waals surface area contributed by atoms with E-state index in [0.717, 1.165) is 12.8 Å². The van der Waals surface area contributed by atoms with Crippen molar-refractivity contribution in [2.45, 2.75) is 39.5 Å². The fourth-order valence-corrected chi connectivity index (χ4v) is 1.04. The molecular formula is C11H20O2. The summed E-state index contributed by atoms with van der Waals surface area (Å²) in [6.45, 7) is 4.06. The van der Waals surface area contributed by atoms with Crippen molar-refractivity contribution < 1.29 is 9.53 Å². The highest BCUT2D eigenvalue weighted by atomic mass is 16.5. The Balaban J connectivity index is 3.51. The van der Waals surface area contributed by atoms with Gasteiger partial charge < -0.3 is 4.74 Å². The molecule has 0 aromatic carbocycles. The quantitative estimate of drug-likeness (QED) is 0.360. The minimum atomic E-state index is -0.125. The molecule has 1 atom stereocenters. The number of rotatable bonds is 6. The van der Waals surface area contributed by atoms with Crippen molar-refractivity contribution in [3.63, 3.8) is 0 Å². The zero-order valence-corrected chi connectivity index (χ0v) is 8.88. The molecule has 0 amide bonds. The van der Waals surface area contributed by atoms with E-state index >= 15 is 0 Å². The van der Waals surface area contributed by atoms with Gasteiger partial charge in [-0.3, -0.25) is 4.79 Å². The van der Waals surface area contributed by atoms with Gasteiger partial charge in [0.1, 0.15) is 0 Å². The Labute approximate surface area is 81.0 Å². The molecule has 0 aromatic heterocycles. The largest absolute Gasteiger partial charge is 0.469 e. The zero-order chi connectivity index (χ0) is 10.1. The Bertz CT molecular complexity index is 161. The summed E-state index contributed by atoms with van der Waals surface area (Å²) in [5.41, 5.74) is 0. The van der Waals surface area contributed by atoms with Crippen LogP contribution in [-0.2, 0) is 9.53 Å². The number of carbonyl (C=O) groups is 1. The zero-order valence-electron chi connectivity index (χ0n) is 8.88. The maximum absolute atomic E-state index is 11.0. The van der Waals surface area contributed by atoms with Crippen LogP contribution in [0.2, 0.25) is 0 Å². The summed E-state index contributed by atoms with van der Waals surface area (Å²) in [4.78, 5) is 11.0. The Morgan fingerprint density at radius 3 is 2.69 bits per heavy atom. The van der Waals surface area contributed by atoms with Gasteiger partial charge in [0.25, 0.3) is 0 Å². The molecule has 0 heterocycles. The molecule has 2 heteroatoms. The lowest BCUT2D eigenvalue weighted by atomic mass is 10.1. The van der Waals surface area contributed by atoms with Crippen LogP contribution in [0, 0.1) is 5.92 Å². The third-order valence-corrected chi connectivity index (χ3v) is 1.98. The van der Waals surface area contributed by atoms with Crippen LogP contribution in [0.15, 0.2) is 12.2 Å². The van der Waals surface area contributed by atoms with E-state index in [-0.39, 0.29) is 11.9 Å². The summed E-state index contributed by atoms with van der Waals surface area (Å²) in [5, 5.41) is 0. The standard InChI is InChI=1S/C11H20O2/c1-4-5-6-7-8-9-10(2)11(12)13-3/h7-8,10H,4-6,9H2,1-3H3. The normalized spacial score (nSPS) is 13.2. The van der Waals surface area contributed by atoms with Gasteiger partial charge in [0.15, 0.2) is 0 Å². The molecule has 0 saturated carbocycles. The van der Waals surface area contributed by atoms with E-state index < -0.39 is 0 Å². The van der Waals surface area contributed by atoms with E-state index in [1.165, 1.54) is 20.0 Å². The third kappa shape index (κ3) is 6.38. The van der Waals surface area contributed by atoms with Crippen molar-refractivity contribution >= 4 is 5.97 Å². The first-order valence-electron chi connectivity index (χ1n) is 4.95. The van der Waals surface area contributed by atoms with Crippen LogP contribution in [0.3, 0.4) is 0 Å². The van der Waals surface area contributed by atoms with Gasteiger partial charge >= 0.3 is 5.97 Å². The maximum atomic E-state index is 11.0. The minimum absolute atomic E-state index is 0.0112. The highest BCUT2D eigenvalue weighted by Crippen LogP contribution is 2.05. The lowest BCUT2D eigenvalue weighted by Gasteiger charge is -2.04. The summed E-state index contributed by atoms with van der Waals surface area (Å²) in [6.07, 6.45) is 8.56. The second-order valence-electron chi connectivity index (χ2n) is 3.27. The van der Waals surface area contributed by atoms with E-state index in [4.69, 9.17) is 0 Å². The molecule has 0 N–H and O–H groups in total. The first-order chi connectivity index (χ1) is 6.22. The molecule has 0 rings (SSSR count). The number of methoxy groups -OCH3 is 1. The molecule has 0 aromatic rings. The van der Waals surface area contributed by atoms with Crippen LogP contribution >= 0.6 is 0 Å². The Morgan fingerprint density at radius 1 is 1.46 bits per heavy atom. The van der Waals surface area contributed by atoms with Gasteiger partial charge in [-0.05, 0) is 12.8 Å². The second kappa shape index (κ2) is 7.84. The molecule has 0 spiro atoms. The molecular weight excluding hydrogens is 164 g/mol. The van der Waals surface area contributed by atoms with Crippen molar-refractivity contribution in [3.05, 3.63) is 12.2 Å². The van der Waals surface area contributed by atoms with Crippen LogP contribution in [0.25, 0.3) is 0 Å². The fraction of sp³-hybridized carbons (Fsp3) is 0.727. The predicted octanol–water partition coefficient (Wildman–Crippen LogP) is 2.93. The van der Waals surface area contributed by atoms with Crippen LogP contribution in [0.4, 0.5) is 0 Å². The summed E-state index contributed by atoms with van der Waals surface area (Å²) in [7, 11) is 1.43. The number of ether oxygens (including phenoxy) is 1. The van der Waals surface area contributed by atoms with Gasteiger partial charge in [0.05, 0.1) is 13.0 Å². The number of hydrogen-bond acceptors (Lipinski definition) is 2. The molecule has 0 bridgehead atoms. The molecule has 0 radical (unpaired) electrons. The number of allylic oxidation sites excluding steroid dienone is 2. The Kier molecular flexibility index (Phi) is 7.36. The van der Waals surface area contributed by atoms with E-state index in [9.17, 15) is 4.79 Å². The minimum Gasteiger partial charge on any atom is -0.469 e. The summed E-state index contributed by atoms with van der Waals surface area (Å²) >= 11 is 0. The van der Waals surface area contributed by atoms with Crippen LogP contribution in [-0.4, -0.2) is 13.1 Å². The fourth-order valence-electron chi connectivity index (χ4n) is 1.04. The van der Waals surface area contributed by atoms with Gasteiger partial charge in [-0.15, -0.1) is 0 Å². The number of unbranched alkanes of at least 4 members (excludes halogenated alkanes) is 2. The van der Waals surface area contributed by atoms with E-state index in [1.54, 1.807) is 0 Å². The van der Waals surface area contributed by atoms with E-state index in [2.05, 4.69) is 23.8 Å². The lowest BCUT2D eigenvalue weighted by Crippen LogP contribution is -2.11. The predicted molar refractivity (Wildman–Crippen MR) is 54.5 cm³/mol. The molecule has 0 aliphatic heterocycles. The maximum Gasteiger partial charge on any atom is 0.308 e. The van der Waals surface area contributed by atoms with Gasteiger partial charge in [0, 0.05) is 0 Å². The van der Waals surface area contributed by atoms with Crippen molar-refractivity contribution in [1.82, 2.24) is 0 Å². The van der Waals surface area contributed by atoms with Crippen LogP contribution in [0.1, 0.15) is 39.5 Å². The average molecular weight is 184 g/mol. The first-order valence-corrected chi connectivity index (χ1v) is 4.95. The highest BCUT2D eigenvalue weighted by Gasteiger charge is 2.09. The molecule has 1 unspecified atom stereocenters. The molecule has 2 nitrogen and oxygen atoms in total. The van der Waals surface area contributed by atoms with Crippen molar-refractivity contribution in [2.24, 2.45) is 5.92 Å². The van der Waals surface area contributed by atoms with Crippen molar-refractivity contribution in [1.29, 1.82) is 0 Å². The number of esters is 1. The number of carbonyl (C=O) groups excluding carboxylic acids is 1. The van der Waals surface area contributed by atoms with Crippen LogP contribution < -0.4 is 0 Å². The van der Waals surface area contributed by atoms with Gasteiger partial charge in [-0.25, -0.2) is 0 Å². The molecule has 0 saturated heterocycles. The Hall–Kier alpha value is -0.790. The van der Waals surface area contributed by atoms with E-state index in [0.29, 0.717) is 0 Å². The highest BCUT2D eigenvalue weighted by molar-refractivity contribution is 5.71. The van der Waals surface area contributed by atoms with Gasteiger partial charge in [-0.2, -0.15) is 0 Å². The van der Waals surface area contributed by atoms with Gasteiger partial charge in [-0.1, -0.05) is 38.8 Å². The summed E-state index contributed by atoms with van der Waals surface area (Å²) < 4.78 is 4.62. The number of hydrogen-bond donors (Lipinski definition) is 0. The monoisotopic (exact) mass is 184 g/mol. The van der Waals surface area contributed by atoms with E-state index in [1.807, 2.05) is 6.92 Å². The second-order valence-corrected chi connectivity index (χ2v) is 3.27. The molecule has 0 aliphatic carbocycles. The molecule has 13 heavy (non-hydrogen) atoms. The lowest BCUT2D eigenvalue weighted by molar-refractivity contribution is -0.144. The SMILES string of the molecule is CCCCC=CCC(C)C(=O)OC. The Morgan fingerprint density at radius 2 is 2.15 bits per heavy atom. The third-order valence-electron chi connectivity index (χ3n) is 1.98. The van der Waals surface area contributed by atoms with Crippen LogP contribution in [0.5, 0.6) is 0 Å². The summed E-state index contributed by atoms with van der Waals surface area (Å²) in [6, 6.07) is 0. The molecule has 0 aliphatic rings. The van der Waals surface area contributed by atoms with Crippen molar-refractivity contribution in [2.75, 3.05) is 7.11 Å². The summed E-state index contributed by atoms with van der Waals surface area (Å²) in [5.74, 6) is -0.136. The smallest absolute Gasteiger partial charge is 0.308 e.